The number of benzene rings is 3. The maximum absolute atomic E-state index is 13.1. The second-order valence-corrected chi connectivity index (χ2v) is 9.58. The summed E-state index contributed by atoms with van der Waals surface area (Å²) < 4.78 is 46.8. The minimum Gasteiger partial charge on any atom is -0.497 e. The summed E-state index contributed by atoms with van der Waals surface area (Å²) in [5.41, 5.74) is 1.67. The van der Waals surface area contributed by atoms with E-state index in [0.29, 0.717) is 27.4 Å². The second-order valence-electron chi connectivity index (χ2n) is 7.02. The van der Waals surface area contributed by atoms with Crippen LogP contribution in [0.2, 0.25) is 0 Å². The molecule has 0 fully saturated rings. The number of sulfonamides is 1. The number of rotatable bonds is 8. The Labute approximate surface area is 205 Å². The van der Waals surface area contributed by atoms with E-state index in [0.717, 1.165) is 5.56 Å². The number of halogens is 1. The van der Waals surface area contributed by atoms with Crippen LogP contribution in [0.3, 0.4) is 0 Å². The van der Waals surface area contributed by atoms with Gasteiger partial charge in [-0.3, -0.25) is 4.72 Å². The zero-order valence-electron chi connectivity index (χ0n) is 18.5. The van der Waals surface area contributed by atoms with Crippen LogP contribution in [0.4, 0.5) is 5.69 Å². The van der Waals surface area contributed by atoms with Crippen molar-refractivity contribution < 1.29 is 22.6 Å². The van der Waals surface area contributed by atoms with Crippen molar-refractivity contribution in [3.05, 3.63) is 71.2 Å². The van der Waals surface area contributed by atoms with Crippen molar-refractivity contribution in [1.82, 2.24) is 14.8 Å². The minimum absolute atomic E-state index is 0.00859. The molecule has 11 heteroatoms. The van der Waals surface area contributed by atoms with Crippen LogP contribution in [0.15, 0.2) is 76.1 Å². The van der Waals surface area contributed by atoms with Crippen LogP contribution in [0.25, 0.3) is 17.1 Å². The molecule has 0 atom stereocenters. The first kappa shape index (κ1) is 23.6. The first-order chi connectivity index (χ1) is 16.3. The van der Waals surface area contributed by atoms with Crippen molar-refractivity contribution >= 4 is 31.6 Å². The lowest BCUT2D eigenvalue weighted by Gasteiger charge is -2.13. The van der Waals surface area contributed by atoms with Gasteiger partial charge in [0.2, 0.25) is 0 Å². The third kappa shape index (κ3) is 4.85. The van der Waals surface area contributed by atoms with Gasteiger partial charge in [0.05, 0.1) is 32.7 Å². The number of hydrogen-bond acceptors (Lipinski definition) is 7. The second kappa shape index (κ2) is 9.74. The van der Waals surface area contributed by atoms with E-state index in [1.807, 2.05) is 24.3 Å². The van der Waals surface area contributed by atoms with Gasteiger partial charge in [-0.1, -0.05) is 34.1 Å². The zero-order valence-corrected chi connectivity index (χ0v) is 20.9. The summed E-state index contributed by atoms with van der Waals surface area (Å²) >= 11 is 3.31. The molecule has 0 radical (unpaired) electrons. The number of hydrogen-bond donors (Lipinski definition) is 1. The largest absolute Gasteiger partial charge is 0.497 e. The Morgan fingerprint density at radius 3 is 2.44 bits per heavy atom. The fraction of sp³-hybridized carbons (Fsp3) is 0.130. The number of nitrogens with zero attached hydrogens (tertiary/aromatic N) is 3. The quantitative estimate of drug-likeness (QED) is 0.347. The third-order valence-corrected chi connectivity index (χ3v) is 6.75. The normalized spacial score (nSPS) is 11.2. The van der Waals surface area contributed by atoms with Crippen LogP contribution in [-0.2, 0) is 10.0 Å². The van der Waals surface area contributed by atoms with Gasteiger partial charge in [-0.05, 0) is 48.5 Å². The molecule has 1 aromatic heterocycles. The average Bonchev–Trinajstić information content (AvgIpc) is 3.29. The topological polar surface area (TPSA) is 105 Å². The summed E-state index contributed by atoms with van der Waals surface area (Å²) in [6.45, 7) is 0. The molecule has 34 heavy (non-hydrogen) atoms. The fourth-order valence-electron chi connectivity index (χ4n) is 3.28. The number of anilines is 1. The van der Waals surface area contributed by atoms with Gasteiger partial charge < -0.3 is 14.2 Å². The Bertz CT molecular complexity index is 1440. The van der Waals surface area contributed by atoms with E-state index >= 15 is 0 Å². The highest BCUT2D eigenvalue weighted by atomic mass is 79.9. The summed E-state index contributed by atoms with van der Waals surface area (Å²) in [4.78, 5) is 4.46. The summed E-state index contributed by atoms with van der Waals surface area (Å²) in [5.74, 6) is 1.40. The summed E-state index contributed by atoms with van der Waals surface area (Å²) in [6, 6.07) is 19.1. The van der Waals surface area contributed by atoms with Gasteiger partial charge >= 0.3 is 6.01 Å². The van der Waals surface area contributed by atoms with E-state index in [-0.39, 0.29) is 16.7 Å². The van der Waals surface area contributed by atoms with Crippen molar-refractivity contribution in [3.8, 4) is 34.6 Å². The van der Waals surface area contributed by atoms with E-state index in [4.69, 9.17) is 14.2 Å². The molecule has 0 saturated carbocycles. The van der Waals surface area contributed by atoms with Gasteiger partial charge in [-0.25, -0.2) is 13.1 Å². The molecule has 0 aliphatic heterocycles. The van der Waals surface area contributed by atoms with Gasteiger partial charge in [0, 0.05) is 10.0 Å². The van der Waals surface area contributed by atoms with Crippen LogP contribution in [0, 0.1) is 0 Å². The van der Waals surface area contributed by atoms with E-state index < -0.39 is 10.0 Å². The third-order valence-electron chi connectivity index (χ3n) is 4.86. The van der Waals surface area contributed by atoms with Crippen LogP contribution in [0.1, 0.15) is 0 Å². The van der Waals surface area contributed by atoms with Crippen molar-refractivity contribution in [1.29, 1.82) is 0 Å². The van der Waals surface area contributed by atoms with E-state index in [1.54, 1.807) is 48.2 Å². The highest BCUT2D eigenvalue weighted by molar-refractivity contribution is 9.10. The number of nitrogens with one attached hydrogen (secondary N) is 1. The number of aromatic nitrogens is 3. The van der Waals surface area contributed by atoms with Crippen molar-refractivity contribution in [3.63, 3.8) is 0 Å². The summed E-state index contributed by atoms with van der Waals surface area (Å²) in [7, 11) is 0.539. The van der Waals surface area contributed by atoms with Gasteiger partial charge in [-0.2, -0.15) is 4.98 Å². The van der Waals surface area contributed by atoms with Crippen LogP contribution in [0.5, 0.6) is 17.5 Å². The molecule has 0 aliphatic rings. The van der Waals surface area contributed by atoms with E-state index in [2.05, 4.69) is 30.7 Å². The lowest BCUT2D eigenvalue weighted by molar-refractivity contribution is 0.380. The first-order valence-electron chi connectivity index (χ1n) is 9.97. The van der Waals surface area contributed by atoms with E-state index in [9.17, 15) is 8.42 Å². The fourth-order valence-corrected chi connectivity index (χ4v) is 5.04. The summed E-state index contributed by atoms with van der Waals surface area (Å²) in [6.07, 6.45) is 0. The molecule has 4 rings (SSSR count). The molecule has 0 amide bonds. The maximum Gasteiger partial charge on any atom is 0.336 e. The minimum atomic E-state index is -3.94. The van der Waals surface area contributed by atoms with Crippen LogP contribution in [-0.4, -0.2) is 44.5 Å². The molecule has 1 N–H and O–H groups in total. The smallest absolute Gasteiger partial charge is 0.336 e. The van der Waals surface area contributed by atoms with Crippen LogP contribution < -0.4 is 18.9 Å². The Kier molecular flexibility index (Phi) is 6.75. The monoisotopic (exact) mass is 544 g/mol. The van der Waals surface area contributed by atoms with Gasteiger partial charge in [0.15, 0.2) is 5.82 Å². The molecule has 9 nitrogen and oxygen atoms in total. The van der Waals surface area contributed by atoms with Crippen molar-refractivity contribution in [2.45, 2.75) is 4.90 Å². The SMILES string of the molecule is COc1cccc(-c2nc(OC)nn2-c2cccc(NS(=O)(=O)c3cc(Br)ccc3OC)c2)c1. The molecule has 1 heterocycles. The van der Waals surface area contributed by atoms with E-state index in [1.165, 1.54) is 20.3 Å². The Hall–Kier alpha value is -3.57. The van der Waals surface area contributed by atoms with Crippen LogP contribution >= 0.6 is 15.9 Å². The molecular weight excluding hydrogens is 524 g/mol. The molecule has 3 aromatic carbocycles. The molecule has 0 unspecified atom stereocenters. The lowest BCUT2D eigenvalue weighted by atomic mass is 10.2. The summed E-state index contributed by atoms with van der Waals surface area (Å²) in [5, 5.41) is 4.40. The van der Waals surface area contributed by atoms with Crippen molar-refractivity contribution in [2.75, 3.05) is 26.1 Å². The molecule has 0 aliphatic carbocycles. The van der Waals surface area contributed by atoms with Crippen molar-refractivity contribution in [2.24, 2.45) is 0 Å². The molecule has 176 valence electrons. The molecule has 0 spiro atoms. The number of methoxy groups -OCH3 is 3. The first-order valence-corrected chi connectivity index (χ1v) is 12.2. The Morgan fingerprint density at radius 2 is 1.71 bits per heavy atom. The van der Waals surface area contributed by atoms with Gasteiger partial charge in [0.1, 0.15) is 16.4 Å². The molecule has 4 aromatic rings. The highest BCUT2D eigenvalue weighted by Gasteiger charge is 2.21. The van der Waals surface area contributed by atoms with Gasteiger partial charge in [0.25, 0.3) is 10.0 Å². The Balaban J connectivity index is 1.74. The Morgan fingerprint density at radius 1 is 0.912 bits per heavy atom. The number of ether oxygens (including phenoxy) is 3. The molecular formula is C23H21BrN4O5S. The lowest BCUT2D eigenvalue weighted by Crippen LogP contribution is -2.14. The average molecular weight is 545 g/mol. The predicted molar refractivity (Wildman–Crippen MR) is 131 cm³/mol. The predicted octanol–water partition coefficient (Wildman–Crippen LogP) is 4.52. The molecule has 0 bridgehead atoms. The standard InChI is InChI=1S/C23H21BrN4O5S/c1-31-19-9-4-6-15(12-19)22-25-23(33-3)26-28(22)18-8-5-7-17(14-18)27-34(29,30)21-13-16(24)10-11-20(21)32-2/h4-14,27H,1-3H3. The highest BCUT2D eigenvalue weighted by Crippen LogP contribution is 2.30. The maximum atomic E-state index is 13.1. The van der Waals surface area contributed by atoms with Gasteiger partial charge in [-0.15, -0.1) is 5.10 Å². The zero-order chi connectivity index (χ0) is 24.3. The molecule has 0 saturated heterocycles.